The largest absolute Gasteiger partial charge is 0.456 e. The topological polar surface area (TPSA) is 35.5 Å². The van der Waals surface area contributed by atoms with Gasteiger partial charge in [-0.3, -0.25) is 0 Å². The maximum Gasteiger partial charge on any atom is 0.335 e. The zero-order chi connectivity index (χ0) is 14.4. The van der Waals surface area contributed by atoms with Crippen LogP contribution in [0.15, 0.2) is 30.9 Å². The standard InChI is InChI=1S/C14H16ClFO3/c1-4-7-18-10(3)14(17)19-9(2)11-5-6-13(16)12(15)8-11/h4-6,8-10H,1,7H2,2-3H3. The molecule has 0 aliphatic rings. The van der Waals surface area contributed by atoms with Crippen molar-refractivity contribution in [2.45, 2.75) is 26.1 Å². The molecule has 0 aromatic heterocycles. The Morgan fingerprint density at radius 2 is 2.21 bits per heavy atom. The molecule has 3 nitrogen and oxygen atoms in total. The number of benzene rings is 1. The average molecular weight is 287 g/mol. The van der Waals surface area contributed by atoms with E-state index in [1.165, 1.54) is 18.2 Å². The molecule has 0 bridgehead atoms. The summed E-state index contributed by atoms with van der Waals surface area (Å²) in [7, 11) is 0. The summed E-state index contributed by atoms with van der Waals surface area (Å²) in [5, 5.41) is -0.00338. The molecule has 0 heterocycles. The van der Waals surface area contributed by atoms with Gasteiger partial charge in [0.15, 0.2) is 6.10 Å². The molecule has 2 unspecified atom stereocenters. The molecule has 19 heavy (non-hydrogen) atoms. The Morgan fingerprint density at radius 3 is 2.79 bits per heavy atom. The fourth-order valence-electron chi connectivity index (χ4n) is 1.38. The minimum atomic E-state index is -0.684. The number of halogens is 2. The first-order valence-corrected chi connectivity index (χ1v) is 6.21. The molecule has 5 heteroatoms. The van der Waals surface area contributed by atoms with E-state index in [9.17, 15) is 9.18 Å². The van der Waals surface area contributed by atoms with Gasteiger partial charge < -0.3 is 9.47 Å². The van der Waals surface area contributed by atoms with Crippen LogP contribution in [0.4, 0.5) is 4.39 Å². The molecular weight excluding hydrogens is 271 g/mol. The number of rotatable bonds is 6. The van der Waals surface area contributed by atoms with Crippen LogP contribution in [0.25, 0.3) is 0 Å². The first-order chi connectivity index (χ1) is 8.95. The van der Waals surface area contributed by atoms with Crippen LogP contribution in [-0.4, -0.2) is 18.7 Å². The number of carbonyl (C=O) groups excluding carboxylic acids is 1. The second-order valence-corrected chi connectivity index (χ2v) is 4.42. The van der Waals surface area contributed by atoms with Crippen molar-refractivity contribution >= 4 is 17.6 Å². The Hall–Kier alpha value is -1.39. The van der Waals surface area contributed by atoms with Crippen molar-refractivity contribution in [1.82, 2.24) is 0 Å². The van der Waals surface area contributed by atoms with Crippen LogP contribution in [0, 0.1) is 5.82 Å². The van der Waals surface area contributed by atoms with Crippen molar-refractivity contribution in [2.24, 2.45) is 0 Å². The monoisotopic (exact) mass is 286 g/mol. The predicted octanol–water partition coefficient (Wildman–Crippen LogP) is 3.67. The van der Waals surface area contributed by atoms with Gasteiger partial charge in [0.25, 0.3) is 0 Å². The first-order valence-electron chi connectivity index (χ1n) is 5.83. The summed E-state index contributed by atoms with van der Waals surface area (Å²) in [5.74, 6) is -0.999. The van der Waals surface area contributed by atoms with Gasteiger partial charge in [-0.05, 0) is 31.5 Å². The van der Waals surface area contributed by atoms with Crippen LogP contribution in [0.5, 0.6) is 0 Å². The van der Waals surface area contributed by atoms with Gasteiger partial charge >= 0.3 is 5.97 Å². The van der Waals surface area contributed by atoms with E-state index in [0.29, 0.717) is 5.56 Å². The molecule has 0 fully saturated rings. The van der Waals surface area contributed by atoms with Gasteiger partial charge in [-0.1, -0.05) is 23.7 Å². The molecule has 0 radical (unpaired) electrons. The number of ether oxygens (including phenoxy) is 2. The first kappa shape index (κ1) is 15.7. The lowest BCUT2D eigenvalue weighted by atomic mass is 10.1. The summed E-state index contributed by atoms with van der Waals surface area (Å²) in [6.45, 7) is 7.04. The molecule has 104 valence electrons. The molecule has 0 amide bonds. The van der Waals surface area contributed by atoms with Crippen molar-refractivity contribution in [3.63, 3.8) is 0 Å². The van der Waals surface area contributed by atoms with Crippen LogP contribution in [0.1, 0.15) is 25.5 Å². The summed E-state index contributed by atoms with van der Waals surface area (Å²) >= 11 is 5.67. The van der Waals surface area contributed by atoms with E-state index in [-0.39, 0.29) is 11.6 Å². The number of hydrogen-bond donors (Lipinski definition) is 0. The Balaban J connectivity index is 2.63. The van der Waals surface area contributed by atoms with Gasteiger partial charge in [-0.15, -0.1) is 6.58 Å². The highest BCUT2D eigenvalue weighted by Crippen LogP contribution is 2.23. The van der Waals surface area contributed by atoms with Gasteiger partial charge in [0.05, 0.1) is 11.6 Å². The summed E-state index contributed by atoms with van der Waals surface area (Å²) in [4.78, 5) is 11.7. The van der Waals surface area contributed by atoms with E-state index in [1.807, 2.05) is 0 Å². The summed E-state index contributed by atoms with van der Waals surface area (Å²) in [5.41, 5.74) is 0.621. The molecular formula is C14H16ClFO3. The molecule has 0 spiro atoms. The maximum atomic E-state index is 13.0. The van der Waals surface area contributed by atoms with Crippen molar-refractivity contribution in [3.05, 3.63) is 47.3 Å². The van der Waals surface area contributed by atoms with Gasteiger partial charge in [0.1, 0.15) is 11.9 Å². The zero-order valence-corrected chi connectivity index (χ0v) is 11.6. The Morgan fingerprint density at radius 1 is 1.53 bits per heavy atom. The Labute approximate surface area is 117 Å². The number of esters is 1. The van der Waals surface area contributed by atoms with Crippen molar-refractivity contribution in [1.29, 1.82) is 0 Å². The van der Waals surface area contributed by atoms with Crippen LogP contribution in [0.3, 0.4) is 0 Å². The van der Waals surface area contributed by atoms with E-state index in [2.05, 4.69) is 6.58 Å². The second kappa shape index (κ2) is 7.26. The number of hydrogen-bond acceptors (Lipinski definition) is 3. The highest BCUT2D eigenvalue weighted by atomic mass is 35.5. The van der Waals surface area contributed by atoms with Gasteiger partial charge in [-0.2, -0.15) is 0 Å². The van der Waals surface area contributed by atoms with Crippen LogP contribution >= 0.6 is 11.6 Å². The third-order valence-electron chi connectivity index (χ3n) is 2.50. The van der Waals surface area contributed by atoms with E-state index in [1.54, 1.807) is 19.9 Å². The highest BCUT2D eigenvalue weighted by Gasteiger charge is 2.19. The zero-order valence-electron chi connectivity index (χ0n) is 10.9. The second-order valence-electron chi connectivity index (χ2n) is 4.02. The molecule has 1 aromatic rings. The SMILES string of the molecule is C=CCOC(C)C(=O)OC(C)c1ccc(F)c(Cl)c1. The fraction of sp³-hybridized carbons (Fsp3) is 0.357. The van der Waals surface area contributed by atoms with Gasteiger partial charge in [0.2, 0.25) is 0 Å². The molecule has 0 N–H and O–H groups in total. The smallest absolute Gasteiger partial charge is 0.335 e. The van der Waals surface area contributed by atoms with Crippen molar-refractivity contribution < 1.29 is 18.7 Å². The molecule has 0 saturated carbocycles. The Kier molecular flexibility index (Phi) is 5.99. The van der Waals surface area contributed by atoms with Crippen molar-refractivity contribution in [2.75, 3.05) is 6.61 Å². The third kappa shape index (κ3) is 4.65. The molecule has 2 atom stereocenters. The minimum Gasteiger partial charge on any atom is -0.456 e. The minimum absolute atomic E-state index is 0.00338. The van der Waals surface area contributed by atoms with Crippen LogP contribution < -0.4 is 0 Å². The normalized spacial score (nSPS) is 13.7. The average Bonchev–Trinajstić information content (AvgIpc) is 2.38. The maximum absolute atomic E-state index is 13.0. The van der Waals surface area contributed by atoms with Crippen LogP contribution in [-0.2, 0) is 14.3 Å². The molecule has 0 aliphatic carbocycles. The van der Waals surface area contributed by atoms with Crippen LogP contribution in [0.2, 0.25) is 5.02 Å². The van der Waals surface area contributed by atoms with Crippen molar-refractivity contribution in [3.8, 4) is 0 Å². The van der Waals surface area contributed by atoms with Gasteiger partial charge in [0, 0.05) is 0 Å². The van der Waals surface area contributed by atoms with E-state index in [4.69, 9.17) is 21.1 Å². The number of carbonyl (C=O) groups is 1. The lowest BCUT2D eigenvalue weighted by molar-refractivity contribution is -0.160. The molecule has 1 aromatic carbocycles. The fourth-order valence-corrected chi connectivity index (χ4v) is 1.57. The molecule has 1 rings (SSSR count). The predicted molar refractivity (Wildman–Crippen MR) is 71.5 cm³/mol. The van der Waals surface area contributed by atoms with Gasteiger partial charge in [-0.25, -0.2) is 9.18 Å². The quantitative estimate of drug-likeness (QED) is 0.591. The lowest BCUT2D eigenvalue weighted by Gasteiger charge is -2.17. The van der Waals surface area contributed by atoms with E-state index < -0.39 is 24.0 Å². The van der Waals surface area contributed by atoms with E-state index >= 15 is 0 Å². The highest BCUT2D eigenvalue weighted by molar-refractivity contribution is 6.30. The lowest BCUT2D eigenvalue weighted by Crippen LogP contribution is -2.24. The summed E-state index contributed by atoms with van der Waals surface area (Å²) in [6, 6.07) is 4.19. The Bertz CT molecular complexity index is 462. The molecule has 0 aliphatic heterocycles. The summed E-state index contributed by atoms with van der Waals surface area (Å²) in [6.07, 6.45) is 0.337. The summed E-state index contributed by atoms with van der Waals surface area (Å²) < 4.78 is 23.4. The van der Waals surface area contributed by atoms with E-state index in [0.717, 1.165) is 0 Å². The molecule has 0 saturated heterocycles. The third-order valence-corrected chi connectivity index (χ3v) is 2.79.